The number of fused-ring (bicyclic) bond motifs is 1. The summed E-state index contributed by atoms with van der Waals surface area (Å²) in [5, 5.41) is 1.43. The number of nitrogens with zero attached hydrogens (tertiary/aromatic N) is 3. The Bertz CT molecular complexity index is 1080. The van der Waals surface area contributed by atoms with E-state index in [4.69, 9.17) is 11.6 Å². The molecule has 4 rings (SSSR count). The highest BCUT2D eigenvalue weighted by atomic mass is 35.5. The van der Waals surface area contributed by atoms with Gasteiger partial charge >= 0.3 is 6.18 Å². The van der Waals surface area contributed by atoms with E-state index in [1.807, 2.05) is 30.3 Å². The summed E-state index contributed by atoms with van der Waals surface area (Å²) >= 11 is 6.33. The molecule has 0 aliphatic carbocycles. The van der Waals surface area contributed by atoms with Gasteiger partial charge in [-0.1, -0.05) is 41.9 Å². The fourth-order valence-electron chi connectivity index (χ4n) is 3.68. The van der Waals surface area contributed by atoms with E-state index in [-0.39, 0.29) is 5.56 Å². The zero-order chi connectivity index (χ0) is 21.3. The Labute approximate surface area is 176 Å². The molecule has 0 radical (unpaired) electrons. The molecule has 0 unspecified atom stereocenters. The second kappa shape index (κ2) is 8.24. The Morgan fingerprint density at radius 1 is 1.00 bits per heavy atom. The van der Waals surface area contributed by atoms with E-state index in [0.29, 0.717) is 37.9 Å². The third-order valence-corrected chi connectivity index (χ3v) is 5.59. The van der Waals surface area contributed by atoms with Crippen molar-refractivity contribution in [2.75, 3.05) is 26.2 Å². The third-order valence-electron chi connectivity index (χ3n) is 5.27. The maximum Gasteiger partial charge on any atom is 0.417 e. The topological polar surface area (TPSA) is 36.4 Å². The molecule has 1 aliphatic rings. The number of carbonyl (C=O) groups is 1. The van der Waals surface area contributed by atoms with Crippen LogP contribution in [0.3, 0.4) is 0 Å². The van der Waals surface area contributed by atoms with Gasteiger partial charge in [-0.25, -0.2) is 4.98 Å². The Morgan fingerprint density at radius 3 is 2.40 bits per heavy atom. The average Bonchev–Trinajstić information content (AvgIpc) is 2.74. The minimum atomic E-state index is -4.56. The zero-order valence-corrected chi connectivity index (χ0v) is 16.7. The number of hydrogen-bond acceptors (Lipinski definition) is 3. The summed E-state index contributed by atoms with van der Waals surface area (Å²) in [4.78, 5) is 20.7. The molecule has 30 heavy (non-hydrogen) atoms. The summed E-state index contributed by atoms with van der Waals surface area (Å²) in [6.07, 6.45) is -4.56. The summed E-state index contributed by atoms with van der Waals surface area (Å²) in [6, 6.07) is 14.6. The molecule has 1 fully saturated rings. The van der Waals surface area contributed by atoms with E-state index in [1.54, 1.807) is 0 Å². The minimum Gasteiger partial charge on any atom is -0.336 e. The van der Waals surface area contributed by atoms with Crippen LogP contribution in [0, 0.1) is 0 Å². The molecule has 1 saturated heterocycles. The SMILES string of the molecule is O=C(c1ccccc1C(F)(F)F)N1CCN(Cc2cc3ccccc3nc2Cl)CC1. The van der Waals surface area contributed by atoms with Gasteiger partial charge in [0.15, 0.2) is 0 Å². The predicted octanol–water partition coefficient (Wildman–Crippen LogP) is 4.87. The van der Waals surface area contributed by atoms with Crippen LogP contribution in [0.5, 0.6) is 0 Å². The van der Waals surface area contributed by atoms with Crippen molar-refractivity contribution >= 4 is 28.4 Å². The van der Waals surface area contributed by atoms with Gasteiger partial charge in [-0.05, 0) is 24.3 Å². The summed E-state index contributed by atoms with van der Waals surface area (Å²) in [6.45, 7) is 2.36. The van der Waals surface area contributed by atoms with Gasteiger partial charge in [0, 0.05) is 43.7 Å². The zero-order valence-electron chi connectivity index (χ0n) is 16.0. The molecule has 1 aromatic heterocycles. The molecule has 2 aromatic carbocycles. The third kappa shape index (κ3) is 4.27. The van der Waals surface area contributed by atoms with Crippen molar-refractivity contribution in [1.82, 2.24) is 14.8 Å². The molecule has 4 nitrogen and oxygen atoms in total. The van der Waals surface area contributed by atoms with Crippen LogP contribution < -0.4 is 0 Å². The van der Waals surface area contributed by atoms with E-state index in [2.05, 4.69) is 9.88 Å². The van der Waals surface area contributed by atoms with Gasteiger partial charge in [-0.2, -0.15) is 13.2 Å². The van der Waals surface area contributed by atoms with Crippen molar-refractivity contribution in [2.24, 2.45) is 0 Å². The molecular weight excluding hydrogens is 415 g/mol. The maximum atomic E-state index is 13.2. The van der Waals surface area contributed by atoms with Gasteiger partial charge in [0.25, 0.3) is 5.91 Å². The Morgan fingerprint density at radius 2 is 1.67 bits per heavy atom. The van der Waals surface area contributed by atoms with Crippen molar-refractivity contribution < 1.29 is 18.0 Å². The second-order valence-corrected chi connectivity index (χ2v) is 7.60. The predicted molar refractivity (Wildman–Crippen MR) is 109 cm³/mol. The van der Waals surface area contributed by atoms with Crippen LogP contribution >= 0.6 is 11.6 Å². The highest BCUT2D eigenvalue weighted by Crippen LogP contribution is 2.32. The Balaban J connectivity index is 1.44. The number of piperazine rings is 1. The first kappa shape index (κ1) is 20.6. The molecule has 156 valence electrons. The number of carbonyl (C=O) groups excluding carboxylic acids is 1. The number of alkyl halides is 3. The molecule has 1 amide bonds. The summed E-state index contributed by atoms with van der Waals surface area (Å²) in [5.41, 5.74) is 0.509. The lowest BCUT2D eigenvalue weighted by molar-refractivity contribution is -0.138. The van der Waals surface area contributed by atoms with Crippen LogP contribution in [0.2, 0.25) is 5.15 Å². The number of amides is 1. The minimum absolute atomic E-state index is 0.305. The second-order valence-electron chi connectivity index (χ2n) is 7.24. The van der Waals surface area contributed by atoms with Crippen molar-refractivity contribution in [3.05, 3.63) is 76.4 Å². The first-order valence-electron chi connectivity index (χ1n) is 9.55. The first-order chi connectivity index (χ1) is 14.3. The van der Waals surface area contributed by atoms with E-state index >= 15 is 0 Å². The lowest BCUT2D eigenvalue weighted by Gasteiger charge is -2.35. The van der Waals surface area contributed by atoms with Crippen molar-refractivity contribution in [2.45, 2.75) is 12.7 Å². The maximum absolute atomic E-state index is 13.2. The van der Waals surface area contributed by atoms with Gasteiger partial charge < -0.3 is 4.90 Å². The van der Waals surface area contributed by atoms with Crippen LogP contribution in [0.1, 0.15) is 21.5 Å². The van der Waals surface area contributed by atoms with Crippen molar-refractivity contribution in [3.63, 3.8) is 0 Å². The van der Waals surface area contributed by atoms with E-state index in [1.165, 1.54) is 23.1 Å². The standard InChI is InChI=1S/C22H19ClF3N3O/c23-20-16(13-15-5-1-4-8-19(15)27-20)14-28-9-11-29(12-10-28)21(30)17-6-2-3-7-18(17)22(24,25)26/h1-8,13H,9-12,14H2. The molecule has 8 heteroatoms. The molecular formula is C22H19ClF3N3O. The van der Waals surface area contributed by atoms with Gasteiger partial charge in [0.2, 0.25) is 0 Å². The number of aromatic nitrogens is 1. The highest BCUT2D eigenvalue weighted by Gasteiger charge is 2.36. The van der Waals surface area contributed by atoms with Gasteiger partial charge in [-0.3, -0.25) is 9.69 Å². The molecule has 0 saturated carbocycles. The number of rotatable bonds is 3. The van der Waals surface area contributed by atoms with Crippen LogP contribution in [0.25, 0.3) is 10.9 Å². The monoisotopic (exact) mass is 433 g/mol. The average molecular weight is 434 g/mol. The van der Waals surface area contributed by atoms with Crippen LogP contribution in [0.4, 0.5) is 13.2 Å². The molecule has 2 heterocycles. The lowest BCUT2D eigenvalue weighted by Crippen LogP contribution is -2.48. The summed E-state index contributed by atoms with van der Waals surface area (Å²) < 4.78 is 39.7. The van der Waals surface area contributed by atoms with Crippen molar-refractivity contribution in [1.29, 1.82) is 0 Å². The Hall–Kier alpha value is -2.64. The van der Waals surface area contributed by atoms with Crippen LogP contribution in [-0.2, 0) is 12.7 Å². The largest absolute Gasteiger partial charge is 0.417 e. The molecule has 3 aromatic rings. The Kier molecular flexibility index (Phi) is 5.66. The fraction of sp³-hybridized carbons (Fsp3) is 0.273. The van der Waals surface area contributed by atoms with Crippen LogP contribution in [-0.4, -0.2) is 46.9 Å². The molecule has 0 bridgehead atoms. The molecule has 0 N–H and O–H groups in total. The van der Waals surface area contributed by atoms with Gasteiger partial charge in [-0.15, -0.1) is 0 Å². The number of pyridine rings is 1. The van der Waals surface area contributed by atoms with Gasteiger partial charge in [0.1, 0.15) is 5.15 Å². The molecule has 0 atom stereocenters. The normalized spacial score (nSPS) is 15.5. The fourth-order valence-corrected chi connectivity index (χ4v) is 3.89. The van der Waals surface area contributed by atoms with E-state index in [0.717, 1.165) is 22.5 Å². The first-order valence-corrected chi connectivity index (χ1v) is 9.93. The lowest BCUT2D eigenvalue weighted by atomic mass is 10.1. The van der Waals surface area contributed by atoms with Gasteiger partial charge in [0.05, 0.1) is 16.6 Å². The smallest absolute Gasteiger partial charge is 0.336 e. The quantitative estimate of drug-likeness (QED) is 0.553. The number of benzene rings is 2. The molecule has 1 aliphatic heterocycles. The van der Waals surface area contributed by atoms with E-state index in [9.17, 15) is 18.0 Å². The molecule has 0 spiro atoms. The number of hydrogen-bond donors (Lipinski definition) is 0. The summed E-state index contributed by atoms with van der Waals surface area (Å²) in [7, 11) is 0. The van der Waals surface area contributed by atoms with Crippen LogP contribution in [0.15, 0.2) is 54.6 Å². The van der Waals surface area contributed by atoms with Crippen molar-refractivity contribution in [3.8, 4) is 0 Å². The highest BCUT2D eigenvalue weighted by molar-refractivity contribution is 6.30. The number of para-hydroxylation sites is 1. The summed E-state index contributed by atoms with van der Waals surface area (Å²) in [5.74, 6) is -0.590. The number of halogens is 4. The van der Waals surface area contributed by atoms with E-state index < -0.39 is 17.6 Å².